The molecule has 0 bridgehead atoms. The highest BCUT2D eigenvalue weighted by Gasteiger charge is 2.14. The zero-order valence-electron chi connectivity index (χ0n) is 11.1. The summed E-state index contributed by atoms with van der Waals surface area (Å²) in [6.45, 7) is 6.94. The lowest BCUT2D eigenvalue weighted by atomic mass is 10.1. The molecular formula is C14H16Cl2N2O. The smallest absolute Gasteiger partial charge is 0.168 e. The number of nitrogens with one attached hydrogen (secondary N) is 1. The van der Waals surface area contributed by atoms with E-state index in [0.29, 0.717) is 22.4 Å². The first-order chi connectivity index (χ1) is 8.87. The molecule has 1 heterocycles. The number of aromatic nitrogens is 1. The highest BCUT2D eigenvalue weighted by molar-refractivity contribution is 6.43. The molecule has 1 aromatic heterocycles. The average molecular weight is 299 g/mol. The van der Waals surface area contributed by atoms with Gasteiger partial charge in [0.05, 0.1) is 15.7 Å². The first kappa shape index (κ1) is 14.4. The standard InChI is InChI=1S/C14H16Cl2N2O/c1-14(2,3)17-8-9-7-12(19-18-9)10-5-4-6-11(15)13(10)16/h4-7,17H,8H2,1-3H3. The second kappa shape index (κ2) is 5.53. The monoisotopic (exact) mass is 298 g/mol. The van der Waals surface area contributed by atoms with Crippen molar-refractivity contribution in [1.29, 1.82) is 0 Å². The molecule has 0 amide bonds. The van der Waals surface area contributed by atoms with Crippen LogP contribution in [0, 0.1) is 0 Å². The van der Waals surface area contributed by atoms with E-state index in [1.807, 2.05) is 18.2 Å². The molecule has 2 aromatic rings. The zero-order chi connectivity index (χ0) is 14.0. The fraction of sp³-hybridized carbons (Fsp3) is 0.357. The van der Waals surface area contributed by atoms with Crippen LogP contribution in [-0.4, -0.2) is 10.7 Å². The third-order valence-electron chi connectivity index (χ3n) is 2.58. The van der Waals surface area contributed by atoms with Crippen molar-refractivity contribution in [2.24, 2.45) is 0 Å². The fourth-order valence-corrected chi connectivity index (χ4v) is 1.97. The Bertz CT molecular complexity index is 573. The molecule has 0 saturated heterocycles. The van der Waals surface area contributed by atoms with E-state index in [4.69, 9.17) is 27.7 Å². The molecule has 0 unspecified atom stereocenters. The van der Waals surface area contributed by atoms with Crippen molar-refractivity contribution < 1.29 is 4.52 Å². The fourth-order valence-electron chi connectivity index (χ4n) is 1.57. The highest BCUT2D eigenvalue weighted by atomic mass is 35.5. The summed E-state index contributed by atoms with van der Waals surface area (Å²) in [5.74, 6) is 0.623. The highest BCUT2D eigenvalue weighted by Crippen LogP contribution is 2.33. The van der Waals surface area contributed by atoms with Crippen LogP contribution in [0.3, 0.4) is 0 Å². The molecule has 2 rings (SSSR count). The quantitative estimate of drug-likeness (QED) is 0.904. The number of benzene rings is 1. The van der Waals surface area contributed by atoms with Crippen molar-refractivity contribution >= 4 is 23.2 Å². The van der Waals surface area contributed by atoms with Gasteiger partial charge < -0.3 is 9.84 Å². The molecule has 102 valence electrons. The predicted molar refractivity (Wildman–Crippen MR) is 78.6 cm³/mol. The number of rotatable bonds is 3. The van der Waals surface area contributed by atoms with E-state index in [0.717, 1.165) is 11.3 Å². The number of halogens is 2. The average Bonchev–Trinajstić information content (AvgIpc) is 2.78. The maximum atomic E-state index is 6.15. The van der Waals surface area contributed by atoms with Gasteiger partial charge in [-0.1, -0.05) is 34.4 Å². The molecule has 0 atom stereocenters. The van der Waals surface area contributed by atoms with Crippen molar-refractivity contribution in [2.75, 3.05) is 0 Å². The van der Waals surface area contributed by atoms with Crippen LogP contribution >= 0.6 is 23.2 Å². The van der Waals surface area contributed by atoms with E-state index >= 15 is 0 Å². The zero-order valence-corrected chi connectivity index (χ0v) is 12.6. The van der Waals surface area contributed by atoms with Crippen LogP contribution in [0.4, 0.5) is 0 Å². The first-order valence-electron chi connectivity index (χ1n) is 6.02. The molecule has 0 radical (unpaired) electrons. The first-order valence-corrected chi connectivity index (χ1v) is 6.77. The Balaban J connectivity index is 2.19. The molecular weight excluding hydrogens is 283 g/mol. The van der Waals surface area contributed by atoms with E-state index in [9.17, 15) is 0 Å². The van der Waals surface area contributed by atoms with E-state index < -0.39 is 0 Å². The third-order valence-corrected chi connectivity index (χ3v) is 3.39. The van der Waals surface area contributed by atoms with Gasteiger partial charge in [0.15, 0.2) is 5.76 Å². The summed E-state index contributed by atoms with van der Waals surface area (Å²) in [5.41, 5.74) is 1.62. The van der Waals surface area contributed by atoms with Crippen molar-refractivity contribution in [1.82, 2.24) is 10.5 Å². The van der Waals surface area contributed by atoms with Crippen LogP contribution in [0.5, 0.6) is 0 Å². The molecule has 5 heteroatoms. The van der Waals surface area contributed by atoms with E-state index in [-0.39, 0.29) is 5.54 Å². The Morgan fingerprint density at radius 2 is 2.00 bits per heavy atom. The van der Waals surface area contributed by atoms with Crippen LogP contribution in [0.25, 0.3) is 11.3 Å². The van der Waals surface area contributed by atoms with Gasteiger partial charge in [-0.05, 0) is 32.9 Å². The normalized spacial score (nSPS) is 11.8. The van der Waals surface area contributed by atoms with Crippen LogP contribution in [0.15, 0.2) is 28.8 Å². The number of hydrogen-bond donors (Lipinski definition) is 1. The molecule has 1 N–H and O–H groups in total. The van der Waals surface area contributed by atoms with Gasteiger partial charge in [0.25, 0.3) is 0 Å². The molecule has 0 fully saturated rings. The Hall–Kier alpha value is -1.03. The van der Waals surface area contributed by atoms with Crippen molar-refractivity contribution in [3.05, 3.63) is 40.0 Å². The summed E-state index contributed by atoms with van der Waals surface area (Å²) < 4.78 is 5.32. The van der Waals surface area contributed by atoms with Crippen LogP contribution in [0.2, 0.25) is 10.0 Å². The summed E-state index contributed by atoms with van der Waals surface area (Å²) in [6.07, 6.45) is 0. The van der Waals surface area contributed by atoms with Crippen molar-refractivity contribution in [3.8, 4) is 11.3 Å². The summed E-state index contributed by atoms with van der Waals surface area (Å²) in [6, 6.07) is 7.30. The van der Waals surface area contributed by atoms with Gasteiger partial charge in [-0.2, -0.15) is 0 Å². The largest absolute Gasteiger partial charge is 0.356 e. The van der Waals surface area contributed by atoms with Crippen molar-refractivity contribution in [2.45, 2.75) is 32.9 Å². The molecule has 1 aromatic carbocycles. The van der Waals surface area contributed by atoms with E-state index in [2.05, 4.69) is 31.2 Å². The van der Waals surface area contributed by atoms with Gasteiger partial charge in [0, 0.05) is 23.7 Å². The lowest BCUT2D eigenvalue weighted by Gasteiger charge is -2.19. The SMILES string of the molecule is CC(C)(C)NCc1cc(-c2cccc(Cl)c2Cl)on1. The van der Waals surface area contributed by atoms with Crippen LogP contribution in [-0.2, 0) is 6.54 Å². The molecule has 3 nitrogen and oxygen atoms in total. The number of hydrogen-bond acceptors (Lipinski definition) is 3. The maximum absolute atomic E-state index is 6.15. The molecule has 19 heavy (non-hydrogen) atoms. The summed E-state index contributed by atoms with van der Waals surface area (Å²) >= 11 is 12.1. The molecule has 0 aliphatic carbocycles. The van der Waals surface area contributed by atoms with Crippen LogP contribution < -0.4 is 5.32 Å². The molecule has 0 spiro atoms. The Morgan fingerprint density at radius 1 is 1.26 bits per heavy atom. The minimum atomic E-state index is 0.0345. The summed E-state index contributed by atoms with van der Waals surface area (Å²) in [4.78, 5) is 0. The van der Waals surface area contributed by atoms with E-state index in [1.54, 1.807) is 6.07 Å². The molecule has 0 saturated carbocycles. The molecule has 0 aliphatic rings. The Labute approximate surface area is 122 Å². The number of nitrogens with zero attached hydrogens (tertiary/aromatic N) is 1. The topological polar surface area (TPSA) is 38.1 Å². The van der Waals surface area contributed by atoms with Gasteiger partial charge in [0.2, 0.25) is 0 Å². The van der Waals surface area contributed by atoms with E-state index in [1.165, 1.54) is 0 Å². The third kappa shape index (κ3) is 3.72. The Morgan fingerprint density at radius 3 is 2.68 bits per heavy atom. The van der Waals surface area contributed by atoms with Gasteiger partial charge in [-0.15, -0.1) is 0 Å². The van der Waals surface area contributed by atoms with Crippen LogP contribution in [0.1, 0.15) is 26.5 Å². The lowest BCUT2D eigenvalue weighted by Crippen LogP contribution is -2.35. The summed E-state index contributed by atoms with van der Waals surface area (Å²) in [7, 11) is 0. The predicted octanol–water partition coefficient (Wildman–Crippen LogP) is 4.54. The second-order valence-electron chi connectivity index (χ2n) is 5.39. The van der Waals surface area contributed by atoms with Gasteiger partial charge in [-0.3, -0.25) is 0 Å². The summed E-state index contributed by atoms with van der Waals surface area (Å²) in [5, 5.41) is 8.36. The Kier molecular flexibility index (Phi) is 4.19. The van der Waals surface area contributed by atoms with Gasteiger partial charge in [0.1, 0.15) is 0 Å². The van der Waals surface area contributed by atoms with Gasteiger partial charge >= 0.3 is 0 Å². The lowest BCUT2D eigenvalue weighted by molar-refractivity contribution is 0.392. The van der Waals surface area contributed by atoms with Gasteiger partial charge in [-0.25, -0.2) is 0 Å². The minimum Gasteiger partial charge on any atom is -0.356 e. The minimum absolute atomic E-state index is 0.0345. The second-order valence-corrected chi connectivity index (χ2v) is 6.17. The molecule has 0 aliphatic heterocycles. The maximum Gasteiger partial charge on any atom is 0.168 e. The van der Waals surface area contributed by atoms with Crippen molar-refractivity contribution in [3.63, 3.8) is 0 Å².